The third-order valence-corrected chi connectivity index (χ3v) is 5.77. The van der Waals surface area contributed by atoms with Gasteiger partial charge in [-0.15, -0.1) is 0 Å². The van der Waals surface area contributed by atoms with Crippen molar-refractivity contribution >= 4 is 11.6 Å². The van der Waals surface area contributed by atoms with Gasteiger partial charge in [0.15, 0.2) is 5.82 Å². The summed E-state index contributed by atoms with van der Waals surface area (Å²) in [7, 11) is 3.17. The molecule has 4 aromatic rings. The molecule has 0 aliphatic heterocycles. The van der Waals surface area contributed by atoms with Crippen LogP contribution in [0.15, 0.2) is 46.9 Å². The number of ether oxygens (including phenoxy) is 3. The molecule has 2 aromatic heterocycles. The van der Waals surface area contributed by atoms with Gasteiger partial charge < -0.3 is 23.7 Å². The molecule has 35 heavy (non-hydrogen) atoms. The summed E-state index contributed by atoms with van der Waals surface area (Å²) in [6.07, 6.45) is 0.369. The minimum Gasteiger partial charge on any atom is -0.497 e. The molecule has 182 valence electrons. The predicted molar refractivity (Wildman–Crippen MR) is 132 cm³/mol. The Morgan fingerprint density at radius 1 is 0.971 bits per heavy atom. The van der Waals surface area contributed by atoms with Crippen molar-refractivity contribution in [2.45, 2.75) is 26.9 Å². The van der Waals surface area contributed by atoms with Crippen LogP contribution in [0, 0.1) is 13.8 Å². The van der Waals surface area contributed by atoms with E-state index in [-0.39, 0.29) is 13.2 Å². The first-order valence-corrected chi connectivity index (χ1v) is 11.4. The molecular weight excluding hydrogens is 470 g/mol. The Hall–Kier alpha value is -3.62. The number of hydrogen-bond acceptors (Lipinski definition) is 8. The standard InChI is InChI=1S/C26H26ClN3O5/c1-15-20(11-12-31)25(30-24(28-15)17-5-7-18(27)8-6-17)34-14-22-16(2)35-26(29-22)21-10-9-19(32-3)13-23(21)33-4/h5-10,13,31H,11-12,14H2,1-4H3. The van der Waals surface area contributed by atoms with E-state index in [1.807, 2.05) is 38.1 Å². The van der Waals surface area contributed by atoms with Crippen molar-refractivity contribution < 1.29 is 23.7 Å². The van der Waals surface area contributed by atoms with Gasteiger partial charge in [-0.1, -0.05) is 11.6 Å². The van der Waals surface area contributed by atoms with Gasteiger partial charge in [0.1, 0.15) is 29.6 Å². The maximum Gasteiger partial charge on any atom is 0.230 e. The van der Waals surface area contributed by atoms with Crippen LogP contribution in [0.4, 0.5) is 0 Å². The minimum atomic E-state index is -0.0503. The fourth-order valence-corrected chi connectivity index (χ4v) is 3.73. The molecule has 0 atom stereocenters. The normalized spacial score (nSPS) is 10.9. The smallest absolute Gasteiger partial charge is 0.230 e. The van der Waals surface area contributed by atoms with E-state index in [9.17, 15) is 5.11 Å². The predicted octanol–water partition coefficient (Wildman–Crippen LogP) is 5.20. The molecule has 1 N–H and O–H groups in total. The maximum atomic E-state index is 9.56. The SMILES string of the molecule is COc1ccc(-c2nc(COc3nc(-c4ccc(Cl)cc4)nc(C)c3CCO)c(C)o2)c(OC)c1. The Kier molecular flexibility index (Phi) is 7.53. The molecule has 0 aliphatic carbocycles. The highest BCUT2D eigenvalue weighted by Gasteiger charge is 2.19. The van der Waals surface area contributed by atoms with Crippen LogP contribution in [0.3, 0.4) is 0 Å². The van der Waals surface area contributed by atoms with Gasteiger partial charge in [-0.2, -0.15) is 4.98 Å². The van der Waals surface area contributed by atoms with E-state index >= 15 is 0 Å². The van der Waals surface area contributed by atoms with Gasteiger partial charge in [0.05, 0.1) is 19.8 Å². The van der Waals surface area contributed by atoms with E-state index in [0.29, 0.717) is 57.6 Å². The molecule has 0 aliphatic rings. The Morgan fingerprint density at radius 3 is 2.43 bits per heavy atom. The lowest BCUT2D eigenvalue weighted by Crippen LogP contribution is -2.08. The Balaban J connectivity index is 1.63. The van der Waals surface area contributed by atoms with Gasteiger partial charge >= 0.3 is 0 Å². The Bertz CT molecular complexity index is 1320. The van der Waals surface area contributed by atoms with E-state index < -0.39 is 0 Å². The Morgan fingerprint density at radius 2 is 1.74 bits per heavy atom. The number of oxazole rings is 1. The number of aromatic nitrogens is 3. The first-order valence-electron chi connectivity index (χ1n) is 11.0. The molecule has 2 heterocycles. The third kappa shape index (κ3) is 5.39. The monoisotopic (exact) mass is 495 g/mol. The summed E-state index contributed by atoms with van der Waals surface area (Å²) >= 11 is 6.02. The average Bonchev–Trinajstić information content (AvgIpc) is 3.24. The summed E-state index contributed by atoms with van der Waals surface area (Å²) in [5, 5.41) is 10.2. The summed E-state index contributed by atoms with van der Waals surface area (Å²) in [6, 6.07) is 12.7. The zero-order chi connectivity index (χ0) is 24.9. The fourth-order valence-electron chi connectivity index (χ4n) is 3.61. The van der Waals surface area contributed by atoms with Crippen LogP contribution in [-0.2, 0) is 13.0 Å². The second-order valence-electron chi connectivity index (χ2n) is 7.77. The summed E-state index contributed by atoms with van der Waals surface area (Å²) < 4.78 is 22.8. The Labute approximate surface area is 208 Å². The highest BCUT2D eigenvalue weighted by molar-refractivity contribution is 6.30. The number of nitrogens with zero attached hydrogens (tertiary/aromatic N) is 3. The second kappa shape index (κ2) is 10.8. The highest BCUT2D eigenvalue weighted by atomic mass is 35.5. The summed E-state index contributed by atoms with van der Waals surface area (Å²) in [4.78, 5) is 13.9. The fraction of sp³-hybridized carbons (Fsp3) is 0.269. The number of rotatable bonds is 9. The first-order chi connectivity index (χ1) is 16.9. The number of aliphatic hydroxyl groups is 1. The van der Waals surface area contributed by atoms with Crippen LogP contribution in [0.25, 0.3) is 22.8 Å². The highest BCUT2D eigenvalue weighted by Crippen LogP contribution is 2.34. The molecule has 8 nitrogen and oxygen atoms in total. The van der Waals surface area contributed by atoms with Crippen LogP contribution in [0.2, 0.25) is 5.02 Å². The second-order valence-corrected chi connectivity index (χ2v) is 8.21. The van der Waals surface area contributed by atoms with Gasteiger partial charge in [-0.3, -0.25) is 0 Å². The van der Waals surface area contributed by atoms with E-state index in [2.05, 4.69) is 15.0 Å². The van der Waals surface area contributed by atoms with Crippen molar-refractivity contribution in [3.8, 4) is 40.2 Å². The van der Waals surface area contributed by atoms with E-state index in [1.165, 1.54) is 0 Å². The van der Waals surface area contributed by atoms with Crippen LogP contribution in [0.1, 0.15) is 22.7 Å². The number of aliphatic hydroxyl groups excluding tert-OH is 1. The zero-order valence-electron chi connectivity index (χ0n) is 20.0. The van der Waals surface area contributed by atoms with Gasteiger partial charge in [-0.25, -0.2) is 9.97 Å². The molecule has 0 spiro atoms. The number of halogens is 1. The van der Waals surface area contributed by atoms with Crippen molar-refractivity contribution in [3.63, 3.8) is 0 Å². The van der Waals surface area contributed by atoms with Crippen molar-refractivity contribution in [2.24, 2.45) is 0 Å². The summed E-state index contributed by atoms with van der Waals surface area (Å²) in [6.45, 7) is 3.77. The first kappa shape index (κ1) is 24.5. The number of hydrogen-bond donors (Lipinski definition) is 1. The van der Waals surface area contributed by atoms with Crippen molar-refractivity contribution in [3.05, 3.63) is 70.2 Å². The summed E-state index contributed by atoms with van der Waals surface area (Å²) in [5.74, 6) is 3.19. The van der Waals surface area contributed by atoms with Crippen LogP contribution in [-0.4, -0.2) is 40.9 Å². The molecule has 4 rings (SSSR count). The van der Waals surface area contributed by atoms with Crippen LogP contribution < -0.4 is 14.2 Å². The van der Waals surface area contributed by atoms with Crippen LogP contribution >= 0.6 is 11.6 Å². The molecular formula is C26H26ClN3O5. The van der Waals surface area contributed by atoms with E-state index in [1.54, 1.807) is 32.4 Å². The molecule has 0 saturated carbocycles. The maximum absolute atomic E-state index is 9.56. The quantitative estimate of drug-likeness (QED) is 0.338. The van der Waals surface area contributed by atoms with Crippen LogP contribution in [0.5, 0.6) is 17.4 Å². The van der Waals surface area contributed by atoms with E-state index in [0.717, 1.165) is 16.8 Å². The molecule has 0 fully saturated rings. The van der Waals surface area contributed by atoms with Crippen molar-refractivity contribution in [1.29, 1.82) is 0 Å². The third-order valence-electron chi connectivity index (χ3n) is 5.52. The molecule has 0 bridgehead atoms. The molecule has 2 aromatic carbocycles. The zero-order valence-corrected chi connectivity index (χ0v) is 20.7. The van der Waals surface area contributed by atoms with E-state index in [4.69, 9.17) is 30.2 Å². The molecule has 0 unspecified atom stereocenters. The van der Waals surface area contributed by atoms with Crippen molar-refractivity contribution in [1.82, 2.24) is 15.0 Å². The number of benzene rings is 2. The average molecular weight is 496 g/mol. The van der Waals surface area contributed by atoms with Gasteiger partial charge in [0.2, 0.25) is 11.8 Å². The largest absolute Gasteiger partial charge is 0.497 e. The minimum absolute atomic E-state index is 0.0503. The van der Waals surface area contributed by atoms with Gasteiger partial charge in [0, 0.05) is 40.9 Å². The van der Waals surface area contributed by atoms with Gasteiger partial charge in [0.25, 0.3) is 0 Å². The van der Waals surface area contributed by atoms with Crippen molar-refractivity contribution in [2.75, 3.05) is 20.8 Å². The molecule has 0 radical (unpaired) electrons. The molecule has 0 saturated heterocycles. The lowest BCUT2D eigenvalue weighted by atomic mass is 10.1. The molecule has 9 heteroatoms. The lowest BCUT2D eigenvalue weighted by Gasteiger charge is -2.13. The number of methoxy groups -OCH3 is 2. The molecule has 0 amide bonds. The summed E-state index contributed by atoms with van der Waals surface area (Å²) in [5.41, 5.74) is 3.60. The number of aryl methyl sites for hydroxylation is 2. The lowest BCUT2D eigenvalue weighted by molar-refractivity contribution is 0.272. The van der Waals surface area contributed by atoms with Gasteiger partial charge in [-0.05, 0) is 50.2 Å². The topological polar surface area (TPSA) is 99.7 Å².